The number of carbonyl (C=O) groups excluding carboxylic acids is 4. The zero-order valence-corrected chi connectivity index (χ0v) is 66.3. The topological polar surface area (TPSA) is 237 Å². The van der Waals surface area contributed by atoms with Crippen LogP contribution >= 0.6 is 15.6 Å². The summed E-state index contributed by atoms with van der Waals surface area (Å²) in [5, 5.41) is 10.6. The normalized spacial score (nSPS) is 14.4. The summed E-state index contributed by atoms with van der Waals surface area (Å²) in [5.74, 6) is -2.26. The number of aliphatic hydroxyl groups excluding tert-OH is 1. The van der Waals surface area contributed by atoms with Crippen LogP contribution in [0.3, 0.4) is 0 Å². The number of phosphoric acid groups is 2. The first kappa shape index (κ1) is 98.0. The van der Waals surface area contributed by atoms with E-state index in [9.17, 15) is 43.2 Å². The summed E-state index contributed by atoms with van der Waals surface area (Å²) in [5.41, 5.74) is 0. The van der Waals surface area contributed by atoms with E-state index in [1.807, 2.05) is 12.2 Å². The van der Waals surface area contributed by atoms with Crippen LogP contribution in [0.1, 0.15) is 349 Å². The van der Waals surface area contributed by atoms with Crippen molar-refractivity contribution in [2.45, 2.75) is 367 Å². The first-order chi connectivity index (χ1) is 49.7. The van der Waals surface area contributed by atoms with E-state index in [0.717, 1.165) is 141 Å². The van der Waals surface area contributed by atoms with Gasteiger partial charge in [0.05, 0.1) is 26.4 Å². The Balaban J connectivity index is 5.43. The lowest BCUT2D eigenvalue weighted by Crippen LogP contribution is -2.30. The Morgan fingerprint density at radius 1 is 0.284 bits per heavy atom. The Kier molecular flexibility index (Phi) is 72.3. The van der Waals surface area contributed by atoms with Crippen molar-refractivity contribution in [3.63, 3.8) is 0 Å². The Labute approximate surface area is 620 Å². The molecule has 0 saturated heterocycles. The second-order valence-electron chi connectivity index (χ2n) is 27.0. The standard InChI is InChI=1S/C83H146O17P2/c1-5-9-13-17-21-25-29-33-37-38-42-46-50-54-58-62-66-70-83(88)100-79(74-94-81(86)68-64-60-56-52-48-44-40-35-31-27-23-19-15-11-7-3)76-98-102(91,92)96-72-77(84)71-95-101(89,90)97-75-78(99-82(87)69-65-61-57-53-49-45-41-36-32-28-24-20-16-12-8-4)73-93-80(85)67-63-59-55-51-47-43-39-34-30-26-22-18-14-10-6-2/h21,25,28,32-37,39-42,46,54,58,77-79,84H,5-20,22-24,26-27,29-31,38,43-45,47-53,55-57,59-76H2,1-4H3,(H,89,90)(H,91,92)/b25-21-,32-28-,37-33-,39-34-,40-35-,41-36-,46-42-,58-54-/t77-,78+,79+/m0/s1. The molecule has 2 unspecified atom stereocenters. The molecule has 0 saturated carbocycles. The summed E-state index contributed by atoms with van der Waals surface area (Å²) in [6, 6.07) is 0. The second-order valence-corrected chi connectivity index (χ2v) is 29.9. The lowest BCUT2D eigenvalue weighted by atomic mass is 10.1. The molecule has 102 heavy (non-hydrogen) atoms. The molecule has 0 rings (SSSR count). The highest BCUT2D eigenvalue weighted by Crippen LogP contribution is 2.45. The minimum absolute atomic E-state index is 0.0176. The van der Waals surface area contributed by atoms with Gasteiger partial charge in [-0.2, -0.15) is 0 Å². The molecule has 17 nitrogen and oxygen atoms in total. The van der Waals surface area contributed by atoms with Crippen molar-refractivity contribution in [1.29, 1.82) is 0 Å². The van der Waals surface area contributed by atoms with Gasteiger partial charge in [0.15, 0.2) is 12.2 Å². The molecule has 0 amide bonds. The van der Waals surface area contributed by atoms with Crippen molar-refractivity contribution in [3.8, 4) is 0 Å². The molecule has 0 heterocycles. The lowest BCUT2D eigenvalue weighted by molar-refractivity contribution is -0.161. The van der Waals surface area contributed by atoms with E-state index in [0.29, 0.717) is 32.1 Å². The molecular weight excluding hydrogens is 1330 g/mol. The number of hydrogen-bond acceptors (Lipinski definition) is 15. The van der Waals surface area contributed by atoms with E-state index < -0.39 is 97.5 Å². The molecule has 0 aromatic carbocycles. The quantitative estimate of drug-likeness (QED) is 0.0128. The molecule has 0 aliphatic rings. The third-order valence-electron chi connectivity index (χ3n) is 17.0. The molecule has 0 aliphatic carbocycles. The number of rotatable bonds is 76. The van der Waals surface area contributed by atoms with Crippen LogP contribution in [0.2, 0.25) is 0 Å². The van der Waals surface area contributed by atoms with Crippen LogP contribution in [0.4, 0.5) is 0 Å². The van der Waals surface area contributed by atoms with Crippen molar-refractivity contribution in [2.75, 3.05) is 39.6 Å². The van der Waals surface area contributed by atoms with Gasteiger partial charge in [-0.15, -0.1) is 0 Å². The van der Waals surface area contributed by atoms with E-state index in [1.165, 1.54) is 122 Å². The smallest absolute Gasteiger partial charge is 0.462 e. The van der Waals surface area contributed by atoms with E-state index in [4.69, 9.17) is 37.0 Å². The lowest BCUT2D eigenvalue weighted by Gasteiger charge is -2.21. The molecule has 0 bridgehead atoms. The Morgan fingerprint density at radius 3 is 0.873 bits per heavy atom. The molecule has 0 fully saturated rings. The number of carbonyl (C=O) groups is 4. The summed E-state index contributed by atoms with van der Waals surface area (Å²) < 4.78 is 68.5. The van der Waals surface area contributed by atoms with Crippen molar-refractivity contribution in [2.24, 2.45) is 0 Å². The largest absolute Gasteiger partial charge is 0.472 e. The zero-order chi connectivity index (χ0) is 74.6. The van der Waals surface area contributed by atoms with E-state index in [1.54, 1.807) is 0 Å². The van der Waals surface area contributed by atoms with Gasteiger partial charge in [0.1, 0.15) is 19.3 Å². The average Bonchev–Trinajstić information content (AvgIpc) is 0.917. The molecular formula is C83H146O17P2. The minimum atomic E-state index is -4.99. The first-order valence-corrected chi connectivity index (χ1v) is 43.5. The third-order valence-corrected chi connectivity index (χ3v) is 18.9. The number of phosphoric ester groups is 2. The van der Waals surface area contributed by atoms with Gasteiger partial charge in [-0.3, -0.25) is 37.3 Å². The summed E-state index contributed by atoms with van der Waals surface area (Å²) in [4.78, 5) is 73.0. The van der Waals surface area contributed by atoms with Crippen LogP contribution in [-0.4, -0.2) is 96.7 Å². The minimum Gasteiger partial charge on any atom is -0.462 e. The van der Waals surface area contributed by atoms with E-state index >= 15 is 0 Å². The van der Waals surface area contributed by atoms with Crippen LogP contribution in [0.25, 0.3) is 0 Å². The van der Waals surface area contributed by atoms with Crippen LogP contribution < -0.4 is 0 Å². The molecule has 590 valence electrons. The van der Waals surface area contributed by atoms with Gasteiger partial charge in [0.25, 0.3) is 0 Å². The first-order valence-electron chi connectivity index (χ1n) is 40.5. The third kappa shape index (κ3) is 74.3. The van der Waals surface area contributed by atoms with E-state index in [-0.39, 0.29) is 25.7 Å². The SMILES string of the molecule is CCCCC/C=C\C/C=C\C/C=C\C/C=C\CCCC(=O)O[C@H](COC(=O)CCCCCCC/C=C\CCCCCCCC)COP(=O)(O)OC[C@@H](O)COP(=O)(O)OC[C@@H](COC(=O)CCCCCCC/C=C\CCCCCCCC)OC(=O)CCCCCCC/C=C\C=C/CCCCCC. The van der Waals surface area contributed by atoms with Crippen LogP contribution in [0, 0.1) is 0 Å². The number of aliphatic hydroxyl groups is 1. The van der Waals surface area contributed by atoms with Crippen molar-refractivity contribution < 1.29 is 80.2 Å². The van der Waals surface area contributed by atoms with Crippen LogP contribution in [-0.2, 0) is 65.4 Å². The summed E-state index contributed by atoms with van der Waals surface area (Å²) >= 11 is 0. The van der Waals surface area contributed by atoms with Crippen molar-refractivity contribution in [3.05, 3.63) is 97.2 Å². The number of hydrogen-bond donors (Lipinski definition) is 3. The fraction of sp³-hybridized carbons (Fsp3) is 0.759. The molecule has 0 aromatic heterocycles. The van der Waals surface area contributed by atoms with Crippen molar-refractivity contribution >= 4 is 39.5 Å². The summed E-state index contributed by atoms with van der Waals surface area (Å²) in [7, 11) is -9.98. The van der Waals surface area contributed by atoms with Gasteiger partial charge in [-0.1, -0.05) is 279 Å². The molecule has 0 radical (unpaired) electrons. The monoisotopic (exact) mass is 1480 g/mol. The van der Waals surface area contributed by atoms with Gasteiger partial charge in [0.2, 0.25) is 0 Å². The molecule has 3 N–H and O–H groups in total. The van der Waals surface area contributed by atoms with Gasteiger partial charge < -0.3 is 33.8 Å². The second kappa shape index (κ2) is 75.2. The number of esters is 4. The highest BCUT2D eigenvalue weighted by Gasteiger charge is 2.30. The Morgan fingerprint density at radius 2 is 0.520 bits per heavy atom. The highest BCUT2D eigenvalue weighted by molar-refractivity contribution is 7.47. The van der Waals surface area contributed by atoms with Gasteiger partial charge in [0, 0.05) is 25.7 Å². The fourth-order valence-electron chi connectivity index (χ4n) is 10.8. The molecule has 0 spiro atoms. The Hall–Kier alpha value is -4.02. The highest BCUT2D eigenvalue weighted by atomic mass is 31.2. The van der Waals surface area contributed by atoms with Crippen molar-refractivity contribution in [1.82, 2.24) is 0 Å². The predicted octanol–water partition coefficient (Wildman–Crippen LogP) is 23.6. The summed E-state index contributed by atoms with van der Waals surface area (Å²) in [6.07, 6.45) is 79.6. The van der Waals surface area contributed by atoms with E-state index in [2.05, 4.69) is 113 Å². The summed E-state index contributed by atoms with van der Waals surface area (Å²) in [6.45, 7) is 4.76. The average molecular weight is 1480 g/mol. The maximum Gasteiger partial charge on any atom is 0.472 e. The Bertz CT molecular complexity index is 2310. The predicted molar refractivity (Wildman–Crippen MR) is 418 cm³/mol. The molecule has 19 heteroatoms. The van der Waals surface area contributed by atoms with Gasteiger partial charge in [-0.05, 0) is 141 Å². The number of allylic oxidation sites excluding steroid dienone is 16. The van der Waals surface area contributed by atoms with Crippen LogP contribution in [0.5, 0.6) is 0 Å². The van der Waals surface area contributed by atoms with Gasteiger partial charge in [-0.25, -0.2) is 9.13 Å². The van der Waals surface area contributed by atoms with Gasteiger partial charge >= 0.3 is 39.5 Å². The fourth-order valence-corrected chi connectivity index (χ4v) is 12.4. The maximum atomic E-state index is 13.1. The number of ether oxygens (including phenoxy) is 4. The molecule has 0 aromatic rings. The zero-order valence-electron chi connectivity index (χ0n) is 64.5. The molecule has 5 atom stereocenters. The van der Waals surface area contributed by atoms with Crippen LogP contribution in [0.15, 0.2) is 97.2 Å². The maximum absolute atomic E-state index is 13.1. The number of unbranched alkanes of at least 4 members (excludes halogenated alkanes) is 35. The molecule has 0 aliphatic heterocycles.